The molecule has 1 unspecified atom stereocenters. The number of nitrogens with one attached hydrogen (secondary N) is 1. The summed E-state index contributed by atoms with van der Waals surface area (Å²) in [6.45, 7) is 5.98. The fourth-order valence-electron chi connectivity index (χ4n) is 3.32. The zero-order valence-electron chi connectivity index (χ0n) is 13.4. The molecule has 0 aromatic carbocycles. The van der Waals surface area contributed by atoms with E-state index in [0.29, 0.717) is 5.92 Å². The van der Waals surface area contributed by atoms with Crippen molar-refractivity contribution in [2.45, 2.75) is 26.3 Å². The van der Waals surface area contributed by atoms with Crippen molar-refractivity contribution in [3.63, 3.8) is 0 Å². The van der Waals surface area contributed by atoms with Crippen LogP contribution in [0, 0.1) is 12.8 Å². The summed E-state index contributed by atoms with van der Waals surface area (Å²) in [6, 6.07) is 5.59. The molecule has 2 aromatic rings. The molecule has 1 fully saturated rings. The fraction of sp³-hybridized carbons (Fsp3) is 0.529. The lowest BCUT2D eigenvalue weighted by molar-refractivity contribution is 0.165. The van der Waals surface area contributed by atoms with Gasteiger partial charge in [-0.1, -0.05) is 6.07 Å². The third kappa shape index (κ3) is 3.36. The molecular formula is C17H24N4O. The van der Waals surface area contributed by atoms with Gasteiger partial charge >= 0.3 is 0 Å². The Labute approximate surface area is 131 Å². The molecule has 1 saturated heterocycles. The van der Waals surface area contributed by atoms with Crippen LogP contribution >= 0.6 is 0 Å². The lowest BCUT2D eigenvalue weighted by Crippen LogP contribution is -2.39. The van der Waals surface area contributed by atoms with Crippen LogP contribution in [0.15, 0.2) is 29.2 Å². The van der Waals surface area contributed by atoms with Crippen molar-refractivity contribution in [2.75, 3.05) is 26.7 Å². The molecule has 22 heavy (non-hydrogen) atoms. The Balaban J connectivity index is 1.79. The van der Waals surface area contributed by atoms with Crippen LogP contribution in [0.5, 0.6) is 0 Å². The summed E-state index contributed by atoms with van der Waals surface area (Å²) in [5.74, 6) is 0.697. The summed E-state index contributed by atoms with van der Waals surface area (Å²) in [7, 11) is 2.01. The van der Waals surface area contributed by atoms with Crippen LogP contribution in [0.4, 0.5) is 0 Å². The molecule has 0 saturated carbocycles. The Morgan fingerprint density at radius 3 is 3.09 bits per heavy atom. The van der Waals surface area contributed by atoms with E-state index in [0.717, 1.165) is 43.1 Å². The number of nitrogens with zero attached hydrogens (tertiary/aromatic N) is 3. The first-order chi connectivity index (χ1) is 10.7. The third-order valence-corrected chi connectivity index (χ3v) is 4.34. The van der Waals surface area contributed by atoms with E-state index < -0.39 is 0 Å². The van der Waals surface area contributed by atoms with Crippen molar-refractivity contribution >= 4 is 5.65 Å². The maximum Gasteiger partial charge on any atom is 0.258 e. The topological polar surface area (TPSA) is 49.6 Å². The molecular weight excluding hydrogens is 276 g/mol. The van der Waals surface area contributed by atoms with E-state index in [-0.39, 0.29) is 5.56 Å². The second-order valence-corrected chi connectivity index (χ2v) is 6.32. The average molecular weight is 300 g/mol. The van der Waals surface area contributed by atoms with Gasteiger partial charge in [-0.15, -0.1) is 0 Å². The number of hydrogen-bond acceptors (Lipinski definition) is 4. The van der Waals surface area contributed by atoms with Gasteiger partial charge < -0.3 is 5.32 Å². The highest BCUT2D eigenvalue weighted by Crippen LogP contribution is 2.17. The van der Waals surface area contributed by atoms with E-state index in [1.54, 1.807) is 10.5 Å². The molecule has 3 rings (SSSR count). The Morgan fingerprint density at radius 1 is 1.41 bits per heavy atom. The lowest BCUT2D eigenvalue weighted by atomic mass is 9.98. The summed E-state index contributed by atoms with van der Waals surface area (Å²) in [5.41, 5.74) is 2.68. The first kappa shape index (κ1) is 15.2. The van der Waals surface area contributed by atoms with Crippen molar-refractivity contribution in [1.29, 1.82) is 0 Å². The molecule has 0 bridgehead atoms. The Hall–Kier alpha value is -1.72. The Bertz CT molecular complexity index is 707. The third-order valence-electron chi connectivity index (χ3n) is 4.34. The molecule has 5 nitrogen and oxygen atoms in total. The Kier molecular flexibility index (Phi) is 4.55. The number of aryl methyl sites for hydroxylation is 1. The summed E-state index contributed by atoms with van der Waals surface area (Å²) in [6.07, 6.45) is 4.35. The number of rotatable bonds is 4. The van der Waals surface area contributed by atoms with Gasteiger partial charge in [-0.2, -0.15) is 0 Å². The summed E-state index contributed by atoms with van der Waals surface area (Å²) in [4.78, 5) is 19.3. The van der Waals surface area contributed by atoms with Gasteiger partial charge in [0, 0.05) is 25.4 Å². The van der Waals surface area contributed by atoms with Crippen LogP contribution < -0.4 is 10.9 Å². The predicted octanol–water partition coefficient (Wildman–Crippen LogP) is 1.43. The van der Waals surface area contributed by atoms with Crippen LogP contribution in [-0.2, 0) is 6.54 Å². The molecule has 1 N–H and O–H groups in total. The summed E-state index contributed by atoms with van der Waals surface area (Å²) in [5, 5.41) is 3.26. The monoisotopic (exact) mass is 300 g/mol. The van der Waals surface area contributed by atoms with E-state index >= 15 is 0 Å². The van der Waals surface area contributed by atoms with Gasteiger partial charge in [0.05, 0.1) is 5.69 Å². The Morgan fingerprint density at radius 2 is 2.27 bits per heavy atom. The molecule has 1 aliphatic heterocycles. The molecule has 1 aliphatic rings. The number of piperidine rings is 1. The second kappa shape index (κ2) is 6.58. The maximum atomic E-state index is 12.3. The number of hydrogen-bond donors (Lipinski definition) is 1. The van der Waals surface area contributed by atoms with E-state index in [1.807, 2.05) is 32.3 Å². The van der Waals surface area contributed by atoms with Gasteiger partial charge in [-0.3, -0.25) is 14.1 Å². The van der Waals surface area contributed by atoms with Crippen molar-refractivity contribution in [1.82, 2.24) is 19.6 Å². The van der Waals surface area contributed by atoms with E-state index in [1.165, 1.54) is 12.8 Å². The predicted molar refractivity (Wildman–Crippen MR) is 88.1 cm³/mol. The van der Waals surface area contributed by atoms with Crippen LogP contribution in [-0.4, -0.2) is 41.0 Å². The molecule has 0 radical (unpaired) electrons. The second-order valence-electron chi connectivity index (χ2n) is 6.32. The minimum absolute atomic E-state index is 0.00693. The van der Waals surface area contributed by atoms with Crippen molar-refractivity contribution in [3.05, 3.63) is 46.0 Å². The zero-order chi connectivity index (χ0) is 15.5. The molecule has 1 atom stereocenters. The SMILES string of the molecule is CNCC1CCCN(Cc2cc(=O)n3cc(C)ccc3n2)C1. The van der Waals surface area contributed by atoms with E-state index in [4.69, 9.17) is 0 Å². The van der Waals surface area contributed by atoms with Gasteiger partial charge in [0.2, 0.25) is 0 Å². The maximum absolute atomic E-state index is 12.3. The number of aromatic nitrogens is 2. The highest BCUT2D eigenvalue weighted by atomic mass is 16.1. The van der Waals surface area contributed by atoms with Gasteiger partial charge in [-0.25, -0.2) is 4.98 Å². The summed E-state index contributed by atoms with van der Waals surface area (Å²) >= 11 is 0. The summed E-state index contributed by atoms with van der Waals surface area (Å²) < 4.78 is 1.62. The molecule has 3 heterocycles. The van der Waals surface area contributed by atoms with Gasteiger partial charge in [0.15, 0.2) is 0 Å². The fourth-order valence-corrected chi connectivity index (χ4v) is 3.32. The number of likely N-dealkylation sites (tertiary alicyclic amines) is 1. The first-order valence-electron chi connectivity index (χ1n) is 8.01. The number of pyridine rings is 1. The van der Waals surface area contributed by atoms with Crippen LogP contribution in [0.1, 0.15) is 24.1 Å². The average Bonchev–Trinajstić information content (AvgIpc) is 2.49. The minimum Gasteiger partial charge on any atom is -0.319 e. The number of fused-ring (bicyclic) bond motifs is 1. The van der Waals surface area contributed by atoms with Gasteiger partial charge in [0.1, 0.15) is 5.65 Å². The smallest absolute Gasteiger partial charge is 0.258 e. The zero-order valence-corrected chi connectivity index (χ0v) is 13.4. The molecule has 0 amide bonds. The minimum atomic E-state index is 0.00693. The highest BCUT2D eigenvalue weighted by Gasteiger charge is 2.19. The van der Waals surface area contributed by atoms with Gasteiger partial charge in [0.25, 0.3) is 5.56 Å². The quantitative estimate of drug-likeness (QED) is 0.928. The highest BCUT2D eigenvalue weighted by molar-refractivity contribution is 5.39. The van der Waals surface area contributed by atoms with Crippen molar-refractivity contribution in [3.8, 4) is 0 Å². The van der Waals surface area contributed by atoms with E-state index in [2.05, 4.69) is 15.2 Å². The van der Waals surface area contributed by atoms with Crippen molar-refractivity contribution in [2.24, 2.45) is 5.92 Å². The van der Waals surface area contributed by atoms with Crippen LogP contribution in [0.3, 0.4) is 0 Å². The van der Waals surface area contributed by atoms with Gasteiger partial charge in [-0.05, 0) is 57.5 Å². The molecule has 0 spiro atoms. The van der Waals surface area contributed by atoms with Crippen LogP contribution in [0.2, 0.25) is 0 Å². The van der Waals surface area contributed by atoms with E-state index in [9.17, 15) is 4.79 Å². The lowest BCUT2D eigenvalue weighted by Gasteiger charge is -2.32. The van der Waals surface area contributed by atoms with Crippen molar-refractivity contribution < 1.29 is 0 Å². The molecule has 118 valence electrons. The molecule has 2 aromatic heterocycles. The first-order valence-corrected chi connectivity index (χ1v) is 8.01. The largest absolute Gasteiger partial charge is 0.319 e. The molecule has 5 heteroatoms. The normalized spacial score (nSPS) is 19.6. The van der Waals surface area contributed by atoms with Crippen LogP contribution in [0.25, 0.3) is 5.65 Å². The molecule has 0 aliphatic carbocycles. The standard InChI is InChI=1S/C17H24N4O/c1-13-5-6-16-19-15(8-17(22)21(16)10-13)12-20-7-3-4-14(11-20)9-18-2/h5-6,8,10,14,18H,3-4,7,9,11-12H2,1-2H3.